The molecule has 1 aliphatic heterocycles. The number of alkyl halides is 3. The highest BCUT2D eigenvalue weighted by Crippen LogP contribution is 2.33. The number of hydrogen-bond donors (Lipinski definition) is 1. The second kappa shape index (κ2) is 10.9. The number of ether oxygens (including phenoxy) is 2. The van der Waals surface area contributed by atoms with Gasteiger partial charge in [0.25, 0.3) is 0 Å². The molecule has 1 aromatic heterocycles. The molecule has 0 saturated carbocycles. The zero-order valence-corrected chi connectivity index (χ0v) is 22.2. The standard InChI is InChI=1S/C26H34F3N5O3/c1-8-16(2)13-33(7)22-17(3)21(18-9-11-20(12-10-18)36-26(27,28)29)31-23(32-22)34-14-19(15-34)30-24(35)37-25(4,5)6/h9-13,19H,8,14-15H2,1-7H3,(H,30,35)/b16-13+. The maximum absolute atomic E-state index is 12.6. The molecule has 8 nitrogen and oxygen atoms in total. The summed E-state index contributed by atoms with van der Waals surface area (Å²) in [5.74, 6) is 0.829. The number of alkyl carbamates (subject to hydrolysis) is 1. The molecule has 1 aliphatic rings. The molecule has 3 rings (SSSR count). The average molecular weight is 522 g/mol. The third-order valence-corrected chi connectivity index (χ3v) is 5.66. The molecular formula is C26H34F3N5O3. The molecule has 11 heteroatoms. The van der Waals surface area contributed by atoms with Crippen LogP contribution in [0.4, 0.5) is 29.7 Å². The van der Waals surface area contributed by atoms with Gasteiger partial charge in [0.05, 0.1) is 11.7 Å². The van der Waals surface area contributed by atoms with Crippen LogP contribution < -0.4 is 19.9 Å². The molecule has 0 spiro atoms. The van der Waals surface area contributed by atoms with Gasteiger partial charge in [-0.25, -0.2) is 9.78 Å². The molecule has 0 atom stereocenters. The summed E-state index contributed by atoms with van der Waals surface area (Å²) in [7, 11) is 1.89. The van der Waals surface area contributed by atoms with Gasteiger partial charge in [0.1, 0.15) is 17.2 Å². The molecule has 0 unspecified atom stereocenters. The fraction of sp³-hybridized carbons (Fsp3) is 0.500. The van der Waals surface area contributed by atoms with Crippen molar-refractivity contribution < 1.29 is 27.4 Å². The van der Waals surface area contributed by atoms with Crippen molar-refractivity contribution in [3.05, 3.63) is 41.6 Å². The SMILES string of the molecule is CC/C(C)=C/N(C)c1nc(N2CC(NC(=O)OC(C)(C)C)C2)nc(-c2ccc(OC(F)(F)F)cc2)c1C. The van der Waals surface area contributed by atoms with E-state index in [1.807, 2.05) is 36.9 Å². The van der Waals surface area contributed by atoms with Crippen molar-refractivity contribution in [2.24, 2.45) is 0 Å². The largest absolute Gasteiger partial charge is 0.573 e. The monoisotopic (exact) mass is 521 g/mol. The Morgan fingerprint density at radius 1 is 1.19 bits per heavy atom. The van der Waals surface area contributed by atoms with E-state index in [0.717, 1.165) is 17.6 Å². The molecule has 1 N–H and O–H groups in total. The first-order chi connectivity index (χ1) is 17.1. The number of anilines is 2. The summed E-state index contributed by atoms with van der Waals surface area (Å²) in [6, 6.07) is 5.49. The second-order valence-electron chi connectivity index (χ2n) is 10.1. The molecule has 2 heterocycles. The lowest BCUT2D eigenvalue weighted by Gasteiger charge is -2.40. The summed E-state index contributed by atoms with van der Waals surface area (Å²) in [6.45, 7) is 12.4. The minimum atomic E-state index is -4.76. The lowest BCUT2D eigenvalue weighted by molar-refractivity contribution is -0.274. The van der Waals surface area contributed by atoms with Crippen molar-refractivity contribution in [1.29, 1.82) is 0 Å². The van der Waals surface area contributed by atoms with Crippen LogP contribution >= 0.6 is 0 Å². The maximum Gasteiger partial charge on any atom is 0.573 e. The van der Waals surface area contributed by atoms with Crippen LogP contribution in [-0.2, 0) is 4.74 Å². The number of carbonyl (C=O) groups is 1. The van der Waals surface area contributed by atoms with Gasteiger partial charge >= 0.3 is 12.5 Å². The van der Waals surface area contributed by atoms with Gasteiger partial charge in [-0.15, -0.1) is 13.2 Å². The number of rotatable bonds is 7. The summed E-state index contributed by atoms with van der Waals surface area (Å²) < 4.78 is 47.1. The predicted molar refractivity (Wildman–Crippen MR) is 137 cm³/mol. The minimum absolute atomic E-state index is 0.120. The number of allylic oxidation sites excluding steroid dienone is 1. The summed E-state index contributed by atoms with van der Waals surface area (Å²) in [5, 5.41) is 2.84. The molecule has 1 amide bonds. The first-order valence-electron chi connectivity index (χ1n) is 12.0. The average Bonchev–Trinajstić information content (AvgIpc) is 2.74. The van der Waals surface area contributed by atoms with Crippen LogP contribution in [0.25, 0.3) is 11.3 Å². The summed E-state index contributed by atoms with van der Waals surface area (Å²) in [5.41, 5.74) is 2.57. The molecule has 0 bridgehead atoms. The summed E-state index contributed by atoms with van der Waals surface area (Å²) in [6.07, 6.45) is -2.38. The number of nitrogens with one attached hydrogen (secondary N) is 1. The van der Waals surface area contributed by atoms with Crippen molar-refractivity contribution in [3.63, 3.8) is 0 Å². The molecule has 0 aliphatic carbocycles. The fourth-order valence-electron chi connectivity index (χ4n) is 3.76. The number of benzene rings is 1. The van der Waals surface area contributed by atoms with E-state index in [0.29, 0.717) is 36.1 Å². The number of nitrogens with zero attached hydrogens (tertiary/aromatic N) is 4. The Morgan fingerprint density at radius 3 is 2.35 bits per heavy atom. The Bertz CT molecular complexity index is 1140. The number of carbonyl (C=O) groups excluding carboxylic acids is 1. The Hall–Kier alpha value is -3.50. The second-order valence-corrected chi connectivity index (χ2v) is 10.1. The predicted octanol–water partition coefficient (Wildman–Crippen LogP) is 5.81. The lowest BCUT2D eigenvalue weighted by Crippen LogP contribution is -2.60. The van der Waals surface area contributed by atoms with E-state index >= 15 is 0 Å². The Morgan fingerprint density at radius 2 is 1.81 bits per heavy atom. The van der Waals surface area contributed by atoms with E-state index in [9.17, 15) is 18.0 Å². The van der Waals surface area contributed by atoms with Crippen molar-refractivity contribution >= 4 is 17.9 Å². The van der Waals surface area contributed by atoms with Gasteiger partial charge < -0.3 is 24.6 Å². The molecule has 1 fully saturated rings. The summed E-state index contributed by atoms with van der Waals surface area (Å²) >= 11 is 0. The Kier molecular flexibility index (Phi) is 8.24. The zero-order valence-electron chi connectivity index (χ0n) is 22.2. The van der Waals surface area contributed by atoms with Gasteiger partial charge in [-0.2, -0.15) is 4.98 Å². The molecule has 2 aromatic rings. The van der Waals surface area contributed by atoms with Crippen LogP contribution in [0.5, 0.6) is 5.75 Å². The van der Waals surface area contributed by atoms with Crippen LogP contribution in [-0.4, -0.2) is 54.2 Å². The number of amides is 1. The van der Waals surface area contributed by atoms with E-state index in [-0.39, 0.29) is 11.8 Å². The Labute approximate surface area is 215 Å². The van der Waals surface area contributed by atoms with Crippen LogP contribution in [0.3, 0.4) is 0 Å². The number of aromatic nitrogens is 2. The number of hydrogen-bond acceptors (Lipinski definition) is 7. The van der Waals surface area contributed by atoms with Gasteiger partial charge in [-0.1, -0.05) is 12.5 Å². The van der Waals surface area contributed by atoms with E-state index in [1.54, 1.807) is 32.9 Å². The lowest BCUT2D eigenvalue weighted by atomic mass is 10.1. The van der Waals surface area contributed by atoms with Crippen molar-refractivity contribution in [2.75, 3.05) is 29.9 Å². The van der Waals surface area contributed by atoms with Crippen molar-refractivity contribution in [2.45, 2.75) is 66.0 Å². The topological polar surface area (TPSA) is 79.8 Å². The molecular weight excluding hydrogens is 487 g/mol. The molecule has 1 aromatic carbocycles. The quantitative estimate of drug-likeness (QED) is 0.492. The highest BCUT2D eigenvalue weighted by atomic mass is 19.4. The van der Waals surface area contributed by atoms with Gasteiger partial charge in [-0.3, -0.25) is 0 Å². The van der Waals surface area contributed by atoms with E-state index in [1.165, 1.54) is 12.1 Å². The fourth-order valence-corrected chi connectivity index (χ4v) is 3.76. The third kappa shape index (κ3) is 7.74. The van der Waals surface area contributed by atoms with Gasteiger partial charge in [0.15, 0.2) is 0 Å². The summed E-state index contributed by atoms with van der Waals surface area (Å²) in [4.78, 5) is 25.5. The molecule has 1 saturated heterocycles. The van der Waals surface area contributed by atoms with Gasteiger partial charge in [-0.05, 0) is 65.3 Å². The highest BCUT2D eigenvalue weighted by Gasteiger charge is 2.33. The van der Waals surface area contributed by atoms with Crippen molar-refractivity contribution in [3.8, 4) is 17.0 Å². The smallest absolute Gasteiger partial charge is 0.444 e. The molecule has 202 valence electrons. The van der Waals surface area contributed by atoms with E-state index < -0.39 is 18.1 Å². The van der Waals surface area contributed by atoms with Gasteiger partial charge in [0, 0.05) is 37.5 Å². The zero-order chi connectivity index (χ0) is 27.5. The Balaban J connectivity index is 1.89. The number of halogens is 3. The maximum atomic E-state index is 12.6. The normalized spacial score (nSPS) is 14.8. The van der Waals surface area contributed by atoms with Crippen LogP contribution in [0, 0.1) is 6.92 Å². The molecule has 37 heavy (non-hydrogen) atoms. The third-order valence-electron chi connectivity index (χ3n) is 5.66. The van der Waals surface area contributed by atoms with Crippen LogP contribution in [0.1, 0.15) is 46.6 Å². The van der Waals surface area contributed by atoms with Crippen LogP contribution in [0.15, 0.2) is 36.0 Å². The minimum Gasteiger partial charge on any atom is -0.444 e. The van der Waals surface area contributed by atoms with Gasteiger partial charge in [0.2, 0.25) is 5.95 Å². The van der Waals surface area contributed by atoms with Crippen molar-refractivity contribution in [1.82, 2.24) is 15.3 Å². The first-order valence-corrected chi connectivity index (χ1v) is 12.0. The van der Waals surface area contributed by atoms with Crippen LogP contribution in [0.2, 0.25) is 0 Å². The molecule has 0 radical (unpaired) electrons. The van der Waals surface area contributed by atoms with E-state index in [2.05, 4.69) is 17.0 Å². The highest BCUT2D eigenvalue weighted by molar-refractivity contribution is 5.72. The van der Waals surface area contributed by atoms with E-state index in [4.69, 9.17) is 14.7 Å². The first kappa shape index (κ1) is 28.1.